The maximum absolute atomic E-state index is 13.0. The van der Waals surface area contributed by atoms with E-state index in [9.17, 15) is 4.39 Å². The van der Waals surface area contributed by atoms with Crippen molar-refractivity contribution in [2.75, 3.05) is 6.54 Å². The zero-order valence-corrected chi connectivity index (χ0v) is 9.24. The van der Waals surface area contributed by atoms with E-state index in [0.717, 1.165) is 12.0 Å². The summed E-state index contributed by atoms with van der Waals surface area (Å²) in [5.74, 6) is -0.291. The van der Waals surface area contributed by atoms with E-state index in [-0.39, 0.29) is 11.2 Å². The van der Waals surface area contributed by atoms with Crippen LogP contribution in [0.1, 0.15) is 19.4 Å². The van der Waals surface area contributed by atoms with Crippen molar-refractivity contribution in [3.05, 3.63) is 34.6 Å². The van der Waals surface area contributed by atoms with Gasteiger partial charge in [0.1, 0.15) is 5.82 Å². The van der Waals surface area contributed by atoms with E-state index in [1.54, 1.807) is 6.07 Å². The molecule has 0 saturated heterocycles. The number of nitrogens with two attached hydrogens (primary N) is 1. The Balaban J connectivity index is 2.87. The highest BCUT2D eigenvalue weighted by atomic mass is 35.5. The van der Waals surface area contributed by atoms with Gasteiger partial charge in [-0.2, -0.15) is 0 Å². The normalized spacial score (nSPS) is 11.8. The van der Waals surface area contributed by atoms with E-state index in [0.29, 0.717) is 11.6 Å². The number of hydrogen-bond acceptors (Lipinski definition) is 1. The predicted molar refractivity (Wildman–Crippen MR) is 57.9 cm³/mol. The topological polar surface area (TPSA) is 26.0 Å². The molecule has 1 aromatic carbocycles. The molecule has 0 aliphatic rings. The van der Waals surface area contributed by atoms with Gasteiger partial charge in [-0.1, -0.05) is 25.4 Å². The van der Waals surface area contributed by atoms with Crippen LogP contribution in [0.15, 0.2) is 18.2 Å². The monoisotopic (exact) mass is 215 g/mol. The molecule has 3 heteroatoms. The molecule has 1 aromatic rings. The van der Waals surface area contributed by atoms with E-state index < -0.39 is 0 Å². The summed E-state index contributed by atoms with van der Waals surface area (Å²) in [6, 6.07) is 4.59. The van der Waals surface area contributed by atoms with Crippen LogP contribution in [0.3, 0.4) is 0 Å². The van der Waals surface area contributed by atoms with Crippen LogP contribution in [-0.2, 0) is 6.42 Å². The Morgan fingerprint density at radius 2 is 2.00 bits per heavy atom. The molecule has 0 aliphatic heterocycles. The summed E-state index contributed by atoms with van der Waals surface area (Å²) >= 11 is 5.75. The van der Waals surface area contributed by atoms with Crippen LogP contribution in [0.25, 0.3) is 0 Å². The van der Waals surface area contributed by atoms with E-state index in [4.69, 9.17) is 17.3 Å². The standard InChI is InChI=1S/C11H15ClFN/c1-11(2,7-14)6-8-3-9(12)5-10(13)4-8/h3-5H,6-7,14H2,1-2H3. The molecule has 0 spiro atoms. The van der Waals surface area contributed by atoms with Gasteiger partial charge in [-0.3, -0.25) is 0 Å². The van der Waals surface area contributed by atoms with Crippen LogP contribution in [0, 0.1) is 11.2 Å². The lowest BCUT2D eigenvalue weighted by Gasteiger charge is -2.22. The molecule has 0 unspecified atom stereocenters. The van der Waals surface area contributed by atoms with Crippen molar-refractivity contribution < 1.29 is 4.39 Å². The smallest absolute Gasteiger partial charge is 0.124 e. The van der Waals surface area contributed by atoms with Crippen molar-refractivity contribution in [3.8, 4) is 0 Å². The van der Waals surface area contributed by atoms with Gasteiger partial charge in [0.15, 0.2) is 0 Å². The van der Waals surface area contributed by atoms with E-state index >= 15 is 0 Å². The van der Waals surface area contributed by atoms with Crippen molar-refractivity contribution in [2.45, 2.75) is 20.3 Å². The number of hydrogen-bond donors (Lipinski definition) is 1. The zero-order chi connectivity index (χ0) is 10.8. The molecule has 1 rings (SSSR count). The average molecular weight is 216 g/mol. The van der Waals surface area contributed by atoms with Crippen molar-refractivity contribution >= 4 is 11.6 Å². The van der Waals surface area contributed by atoms with Gasteiger partial charge in [0.25, 0.3) is 0 Å². The lowest BCUT2D eigenvalue weighted by atomic mass is 9.86. The van der Waals surface area contributed by atoms with Gasteiger partial charge >= 0.3 is 0 Å². The predicted octanol–water partition coefficient (Wildman–Crippen LogP) is 3.01. The van der Waals surface area contributed by atoms with Gasteiger partial charge in [0.2, 0.25) is 0 Å². The van der Waals surface area contributed by atoms with Crippen LogP contribution in [0.2, 0.25) is 5.02 Å². The maximum Gasteiger partial charge on any atom is 0.124 e. The maximum atomic E-state index is 13.0. The highest BCUT2D eigenvalue weighted by molar-refractivity contribution is 6.30. The fraction of sp³-hybridized carbons (Fsp3) is 0.455. The summed E-state index contributed by atoms with van der Waals surface area (Å²) in [4.78, 5) is 0. The van der Waals surface area contributed by atoms with Crippen molar-refractivity contribution in [3.63, 3.8) is 0 Å². The summed E-state index contributed by atoms with van der Waals surface area (Å²) in [6.07, 6.45) is 0.737. The van der Waals surface area contributed by atoms with Crippen molar-refractivity contribution in [2.24, 2.45) is 11.1 Å². The highest BCUT2D eigenvalue weighted by Gasteiger charge is 2.16. The van der Waals surface area contributed by atoms with Gasteiger partial charge < -0.3 is 5.73 Å². The first kappa shape index (κ1) is 11.5. The minimum absolute atomic E-state index is 0.0167. The highest BCUT2D eigenvalue weighted by Crippen LogP contribution is 2.23. The van der Waals surface area contributed by atoms with E-state index in [1.165, 1.54) is 12.1 Å². The van der Waals surface area contributed by atoms with Crippen molar-refractivity contribution in [1.29, 1.82) is 0 Å². The second-order valence-corrected chi connectivity index (χ2v) is 4.76. The Morgan fingerprint density at radius 3 is 2.50 bits per heavy atom. The molecule has 14 heavy (non-hydrogen) atoms. The third-order valence-corrected chi connectivity index (χ3v) is 2.38. The SMILES string of the molecule is CC(C)(CN)Cc1cc(F)cc(Cl)c1. The Kier molecular flexibility index (Phi) is 3.51. The molecule has 0 radical (unpaired) electrons. The van der Waals surface area contributed by atoms with Gasteiger partial charge in [-0.25, -0.2) is 4.39 Å². The third kappa shape index (κ3) is 3.28. The number of benzene rings is 1. The Bertz CT molecular complexity index is 303. The van der Waals surface area contributed by atoms with Gasteiger partial charge in [0, 0.05) is 5.02 Å². The molecule has 2 N–H and O–H groups in total. The van der Waals surface area contributed by atoms with Crippen LogP contribution in [0.4, 0.5) is 4.39 Å². The summed E-state index contributed by atoms with van der Waals surface area (Å²) in [7, 11) is 0. The fourth-order valence-electron chi connectivity index (χ4n) is 1.34. The first-order valence-electron chi connectivity index (χ1n) is 4.58. The lowest BCUT2D eigenvalue weighted by molar-refractivity contribution is 0.376. The minimum Gasteiger partial charge on any atom is -0.330 e. The largest absolute Gasteiger partial charge is 0.330 e. The van der Waals surface area contributed by atoms with Gasteiger partial charge in [-0.15, -0.1) is 0 Å². The molecular weight excluding hydrogens is 201 g/mol. The molecule has 0 fully saturated rings. The Hall–Kier alpha value is -0.600. The van der Waals surface area contributed by atoms with Gasteiger partial charge in [-0.05, 0) is 42.1 Å². The van der Waals surface area contributed by atoms with Gasteiger partial charge in [0.05, 0.1) is 0 Å². The molecule has 0 saturated carbocycles. The summed E-state index contributed by atoms with van der Waals surface area (Å²) in [6.45, 7) is 4.67. The molecule has 78 valence electrons. The minimum atomic E-state index is -0.291. The molecule has 0 heterocycles. The summed E-state index contributed by atoms with van der Waals surface area (Å²) in [5.41, 5.74) is 6.48. The Labute approximate surface area is 89.1 Å². The fourth-order valence-corrected chi connectivity index (χ4v) is 1.58. The zero-order valence-electron chi connectivity index (χ0n) is 8.48. The summed E-state index contributed by atoms with van der Waals surface area (Å²) < 4.78 is 13.0. The first-order valence-corrected chi connectivity index (χ1v) is 4.96. The average Bonchev–Trinajstić information content (AvgIpc) is 2.01. The first-order chi connectivity index (χ1) is 6.43. The van der Waals surface area contributed by atoms with Crippen molar-refractivity contribution in [1.82, 2.24) is 0 Å². The van der Waals surface area contributed by atoms with Crippen LogP contribution >= 0.6 is 11.6 Å². The van der Waals surface area contributed by atoms with Crippen LogP contribution < -0.4 is 5.73 Å². The van der Waals surface area contributed by atoms with E-state index in [1.807, 2.05) is 13.8 Å². The molecule has 1 nitrogen and oxygen atoms in total. The molecule has 0 amide bonds. The molecule has 0 aliphatic carbocycles. The Morgan fingerprint density at radius 1 is 1.36 bits per heavy atom. The summed E-state index contributed by atoms with van der Waals surface area (Å²) in [5, 5.41) is 0.438. The number of rotatable bonds is 3. The molecule has 0 bridgehead atoms. The number of halogens is 2. The molecule has 0 aromatic heterocycles. The van der Waals surface area contributed by atoms with Crippen LogP contribution in [0.5, 0.6) is 0 Å². The second-order valence-electron chi connectivity index (χ2n) is 4.32. The molecular formula is C11H15ClFN. The van der Waals surface area contributed by atoms with Crippen LogP contribution in [-0.4, -0.2) is 6.54 Å². The second kappa shape index (κ2) is 4.28. The third-order valence-electron chi connectivity index (χ3n) is 2.16. The lowest BCUT2D eigenvalue weighted by Crippen LogP contribution is -2.25. The van der Waals surface area contributed by atoms with E-state index in [2.05, 4.69) is 0 Å². The molecule has 0 atom stereocenters. The quantitative estimate of drug-likeness (QED) is 0.824.